The minimum Gasteiger partial charge on any atom is -0.463 e. The van der Waals surface area contributed by atoms with Gasteiger partial charge in [0, 0.05) is 23.6 Å². The molecule has 0 bridgehead atoms. The zero-order chi connectivity index (χ0) is 20.9. The minimum absolute atomic E-state index is 0.0106. The topological polar surface area (TPSA) is 95.2 Å². The third kappa shape index (κ3) is 3.65. The zero-order valence-corrected chi connectivity index (χ0v) is 17.4. The van der Waals surface area contributed by atoms with Gasteiger partial charge in [0.15, 0.2) is 0 Å². The minimum atomic E-state index is -1.35. The molecule has 0 aliphatic heterocycles. The molecule has 0 radical (unpaired) electrons. The Morgan fingerprint density at radius 2 is 1.82 bits per heavy atom. The summed E-state index contributed by atoms with van der Waals surface area (Å²) in [6.45, 7) is 11.6. The first-order valence-corrected chi connectivity index (χ1v) is 9.74. The number of carbonyl (C=O) groups excluding carboxylic acids is 1. The summed E-state index contributed by atoms with van der Waals surface area (Å²) in [6, 6.07) is 7.92. The van der Waals surface area contributed by atoms with Crippen LogP contribution >= 0.6 is 0 Å². The van der Waals surface area contributed by atoms with E-state index >= 15 is 0 Å². The fourth-order valence-electron chi connectivity index (χ4n) is 4.11. The molecule has 3 N–H and O–H groups in total. The molecule has 0 unspecified atom stereocenters. The van der Waals surface area contributed by atoms with Crippen molar-refractivity contribution in [3.63, 3.8) is 0 Å². The number of ether oxygens (including phenoxy) is 1. The van der Waals surface area contributed by atoms with Crippen molar-refractivity contribution in [3.05, 3.63) is 57.0 Å². The molecule has 1 aliphatic carbocycles. The molecule has 1 heterocycles. The molecule has 6 heteroatoms. The fraction of sp³-hybridized carbons (Fsp3) is 0.545. The quantitative estimate of drug-likeness (QED) is 0.707. The number of aliphatic hydroxyl groups is 1. The zero-order valence-electron chi connectivity index (χ0n) is 17.4. The maximum absolute atomic E-state index is 13.0. The molecule has 1 aromatic heterocycles. The molecule has 152 valence electrons. The lowest BCUT2D eigenvalue weighted by molar-refractivity contribution is -0.163. The van der Waals surface area contributed by atoms with Crippen LogP contribution in [0.4, 0.5) is 0 Å². The second-order valence-electron chi connectivity index (χ2n) is 9.32. The predicted octanol–water partition coefficient (Wildman–Crippen LogP) is 3.01. The monoisotopic (exact) mass is 386 g/mol. The number of nitrogens with one attached hydrogen (secondary N) is 2. The summed E-state index contributed by atoms with van der Waals surface area (Å²) in [4.78, 5) is 25.5. The second kappa shape index (κ2) is 6.92. The lowest BCUT2D eigenvalue weighted by Crippen LogP contribution is -2.50. The molecule has 0 saturated heterocycles. The fourth-order valence-corrected chi connectivity index (χ4v) is 4.11. The number of H-pyrrole nitrogens is 2. The Morgan fingerprint density at radius 3 is 2.36 bits per heavy atom. The maximum atomic E-state index is 13.0. The van der Waals surface area contributed by atoms with E-state index in [0.29, 0.717) is 11.3 Å². The van der Waals surface area contributed by atoms with Crippen LogP contribution in [0, 0.1) is 5.92 Å². The van der Waals surface area contributed by atoms with E-state index in [2.05, 4.69) is 31.0 Å². The average Bonchev–Trinajstić information content (AvgIpc) is 2.91. The van der Waals surface area contributed by atoms with E-state index in [4.69, 9.17) is 4.74 Å². The van der Waals surface area contributed by atoms with Gasteiger partial charge < -0.3 is 14.9 Å². The first-order valence-electron chi connectivity index (χ1n) is 9.74. The summed E-state index contributed by atoms with van der Waals surface area (Å²) in [7, 11) is 0. The van der Waals surface area contributed by atoms with Crippen LogP contribution in [0.3, 0.4) is 0 Å². The molecule has 0 fully saturated rings. The summed E-state index contributed by atoms with van der Waals surface area (Å²) in [5, 5.41) is 16.6. The summed E-state index contributed by atoms with van der Waals surface area (Å²) in [6.07, 6.45) is -0.131. The first kappa shape index (κ1) is 20.4. The summed E-state index contributed by atoms with van der Waals surface area (Å²) in [5.41, 5.74) is 1.47. The number of aromatic amines is 2. The highest BCUT2D eigenvalue weighted by Gasteiger charge is 2.51. The summed E-state index contributed by atoms with van der Waals surface area (Å²) < 4.78 is 5.47. The van der Waals surface area contributed by atoms with Gasteiger partial charge in [-0.05, 0) is 37.3 Å². The number of aromatic nitrogens is 2. The van der Waals surface area contributed by atoms with Crippen LogP contribution < -0.4 is 5.56 Å². The molecule has 3 atom stereocenters. The van der Waals surface area contributed by atoms with Crippen molar-refractivity contribution >= 4 is 5.97 Å². The summed E-state index contributed by atoms with van der Waals surface area (Å²) in [5.74, 6) is -1.95. The third-order valence-electron chi connectivity index (χ3n) is 5.49. The molecule has 28 heavy (non-hydrogen) atoms. The molecular weight excluding hydrogens is 356 g/mol. The van der Waals surface area contributed by atoms with E-state index in [1.807, 2.05) is 24.3 Å². The number of fused-ring (bicyclic) bond motifs is 1. The van der Waals surface area contributed by atoms with Gasteiger partial charge in [0.1, 0.15) is 0 Å². The lowest BCUT2D eigenvalue weighted by Gasteiger charge is -2.40. The Morgan fingerprint density at radius 1 is 1.21 bits per heavy atom. The number of rotatable bonds is 3. The first-order chi connectivity index (χ1) is 12.9. The number of esters is 1. The Balaban J connectivity index is 2.15. The van der Waals surface area contributed by atoms with Crippen molar-refractivity contribution in [1.82, 2.24) is 10.2 Å². The van der Waals surface area contributed by atoms with Gasteiger partial charge in [-0.25, -0.2) is 0 Å². The van der Waals surface area contributed by atoms with Crippen molar-refractivity contribution in [3.8, 4) is 0 Å². The molecule has 0 amide bonds. The highest BCUT2D eigenvalue weighted by Crippen LogP contribution is 2.44. The summed E-state index contributed by atoms with van der Waals surface area (Å²) >= 11 is 0. The van der Waals surface area contributed by atoms with Gasteiger partial charge in [0.2, 0.25) is 0 Å². The van der Waals surface area contributed by atoms with Crippen LogP contribution in [0.2, 0.25) is 0 Å². The molecule has 2 aromatic rings. The van der Waals surface area contributed by atoms with Crippen LogP contribution in [-0.2, 0) is 21.4 Å². The highest BCUT2D eigenvalue weighted by molar-refractivity contribution is 5.77. The van der Waals surface area contributed by atoms with Crippen LogP contribution in [0.25, 0.3) is 0 Å². The SMILES string of the molecule is CC(C)OC(=O)[C@@H]1[C@@H](c2ccc(C(C)(C)C)cc2)c2c([nH][nH]c2=O)C[C@@]1(C)O. The van der Waals surface area contributed by atoms with Gasteiger partial charge in [-0.2, -0.15) is 0 Å². The van der Waals surface area contributed by atoms with Crippen LogP contribution in [-0.4, -0.2) is 33.0 Å². The molecule has 6 nitrogen and oxygen atoms in total. The molecule has 0 spiro atoms. The number of benzene rings is 1. The number of hydrogen-bond acceptors (Lipinski definition) is 4. The van der Waals surface area contributed by atoms with E-state index in [0.717, 1.165) is 11.1 Å². The van der Waals surface area contributed by atoms with Crippen molar-refractivity contribution in [1.29, 1.82) is 0 Å². The van der Waals surface area contributed by atoms with Crippen molar-refractivity contribution < 1.29 is 14.6 Å². The predicted molar refractivity (Wildman–Crippen MR) is 107 cm³/mol. The Labute approximate surface area is 165 Å². The standard InChI is InChI=1S/C22H30N2O4/c1-12(2)28-20(26)18-16(13-7-9-14(10-8-13)21(3,4)5)17-15(11-22(18,6)27)23-24-19(17)25/h7-10,12,16,18,27H,11H2,1-6H3,(H2,23,24,25)/t16-,18-,22+/m0/s1. The van der Waals surface area contributed by atoms with E-state index in [1.165, 1.54) is 0 Å². The second-order valence-corrected chi connectivity index (χ2v) is 9.32. The van der Waals surface area contributed by atoms with Crippen molar-refractivity contribution in [2.24, 2.45) is 5.92 Å². The Hall–Kier alpha value is -2.34. The van der Waals surface area contributed by atoms with Gasteiger partial charge in [0.25, 0.3) is 5.56 Å². The van der Waals surface area contributed by atoms with Gasteiger partial charge in [0.05, 0.1) is 17.6 Å². The maximum Gasteiger partial charge on any atom is 0.313 e. The smallest absolute Gasteiger partial charge is 0.313 e. The van der Waals surface area contributed by atoms with Gasteiger partial charge >= 0.3 is 5.97 Å². The molecule has 1 aromatic carbocycles. The molecular formula is C22H30N2O4. The normalized spacial score (nSPS) is 24.9. The Bertz CT molecular complexity index is 913. The lowest BCUT2D eigenvalue weighted by atomic mass is 9.66. The third-order valence-corrected chi connectivity index (χ3v) is 5.49. The van der Waals surface area contributed by atoms with Gasteiger partial charge in [-0.1, -0.05) is 45.0 Å². The van der Waals surface area contributed by atoms with E-state index in [1.54, 1.807) is 20.8 Å². The highest BCUT2D eigenvalue weighted by atomic mass is 16.5. The number of carbonyl (C=O) groups is 1. The Kier molecular flexibility index (Phi) is 5.04. The van der Waals surface area contributed by atoms with Crippen molar-refractivity contribution in [2.75, 3.05) is 0 Å². The van der Waals surface area contributed by atoms with Gasteiger partial charge in [-0.3, -0.25) is 14.7 Å². The van der Waals surface area contributed by atoms with Gasteiger partial charge in [-0.15, -0.1) is 0 Å². The average molecular weight is 386 g/mol. The van der Waals surface area contributed by atoms with Crippen LogP contribution in [0.1, 0.15) is 69.8 Å². The largest absolute Gasteiger partial charge is 0.463 e. The van der Waals surface area contributed by atoms with Crippen LogP contribution in [0.15, 0.2) is 29.1 Å². The van der Waals surface area contributed by atoms with Crippen molar-refractivity contribution in [2.45, 2.75) is 71.0 Å². The molecule has 1 aliphatic rings. The molecule has 0 saturated carbocycles. The number of hydrogen-bond donors (Lipinski definition) is 3. The molecule has 3 rings (SSSR count). The van der Waals surface area contributed by atoms with E-state index in [9.17, 15) is 14.7 Å². The van der Waals surface area contributed by atoms with E-state index in [-0.39, 0.29) is 23.5 Å². The van der Waals surface area contributed by atoms with E-state index < -0.39 is 23.4 Å². The van der Waals surface area contributed by atoms with Crippen LogP contribution in [0.5, 0.6) is 0 Å².